The molecule has 0 aromatic heterocycles. The monoisotopic (exact) mass is 294 g/mol. The molecule has 4 saturated carbocycles. The van der Waals surface area contributed by atoms with Crippen molar-refractivity contribution >= 4 is 5.97 Å². The number of carbonyl (C=O) groups is 1. The number of rotatable bonds is 3. The molecule has 4 fully saturated rings. The SMILES string of the molecule is C=C(C)C(=O)O.CCC(C)(O)C12CC3CC(CC(C3)C1)C2. The lowest BCUT2D eigenvalue weighted by atomic mass is 9.45. The summed E-state index contributed by atoms with van der Waals surface area (Å²) < 4.78 is 0. The van der Waals surface area contributed by atoms with Crippen LogP contribution in [0, 0.1) is 23.2 Å². The molecule has 0 aromatic carbocycles. The molecule has 4 bridgehead atoms. The van der Waals surface area contributed by atoms with E-state index in [0.29, 0.717) is 5.41 Å². The smallest absolute Gasteiger partial charge is 0.330 e. The molecular weight excluding hydrogens is 264 g/mol. The first-order valence-corrected chi connectivity index (χ1v) is 8.30. The average molecular weight is 294 g/mol. The van der Waals surface area contributed by atoms with Gasteiger partial charge in [0.1, 0.15) is 0 Å². The maximum atomic E-state index is 10.7. The Morgan fingerprint density at radius 1 is 1.19 bits per heavy atom. The Labute approximate surface area is 128 Å². The minimum absolute atomic E-state index is 0.176. The van der Waals surface area contributed by atoms with Crippen LogP contribution in [0.2, 0.25) is 0 Å². The highest BCUT2D eigenvalue weighted by Crippen LogP contribution is 2.64. The topological polar surface area (TPSA) is 57.5 Å². The van der Waals surface area contributed by atoms with Crippen molar-refractivity contribution < 1.29 is 15.0 Å². The van der Waals surface area contributed by atoms with E-state index < -0.39 is 11.6 Å². The van der Waals surface area contributed by atoms with E-state index in [1.54, 1.807) is 0 Å². The van der Waals surface area contributed by atoms with Gasteiger partial charge in [0.15, 0.2) is 0 Å². The fourth-order valence-corrected chi connectivity index (χ4v) is 5.15. The first kappa shape index (κ1) is 16.5. The van der Waals surface area contributed by atoms with Crippen LogP contribution >= 0.6 is 0 Å². The molecule has 0 heterocycles. The minimum atomic E-state index is -0.935. The van der Waals surface area contributed by atoms with Crippen LogP contribution in [-0.2, 0) is 4.79 Å². The van der Waals surface area contributed by atoms with Crippen molar-refractivity contribution in [3.05, 3.63) is 12.2 Å². The molecule has 1 atom stereocenters. The van der Waals surface area contributed by atoms with Crippen molar-refractivity contribution in [2.24, 2.45) is 23.2 Å². The van der Waals surface area contributed by atoms with Gasteiger partial charge in [-0.3, -0.25) is 0 Å². The van der Waals surface area contributed by atoms with Crippen molar-refractivity contribution in [3.63, 3.8) is 0 Å². The Hall–Kier alpha value is -0.830. The summed E-state index contributed by atoms with van der Waals surface area (Å²) in [4.78, 5) is 9.60. The molecule has 0 radical (unpaired) electrons. The highest BCUT2D eigenvalue weighted by Gasteiger charge is 2.57. The molecule has 0 spiro atoms. The van der Waals surface area contributed by atoms with Gasteiger partial charge >= 0.3 is 5.97 Å². The zero-order chi connectivity index (χ0) is 15.8. The van der Waals surface area contributed by atoms with Crippen LogP contribution in [0.1, 0.15) is 65.7 Å². The summed E-state index contributed by atoms with van der Waals surface area (Å²) in [7, 11) is 0. The van der Waals surface area contributed by atoms with Gasteiger partial charge in [-0.1, -0.05) is 13.5 Å². The van der Waals surface area contributed by atoms with Gasteiger partial charge < -0.3 is 10.2 Å². The van der Waals surface area contributed by atoms with E-state index in [0.717, 1.165) is 24.2 Å². The van der Waals surface area contributed by atoms with Gasteiger partial charge in [-0.05, 0) is 82.0 Å². The van der Waals surface area contributed by atoms with E-state index in [9.17, 15) is 9.90 Å². The van der Waals surface area contributed by atoms with Gasteiger partial charge in [0, 0.05) is 5.57 Å². The van der Waals surface area contributed by atoms with Crippen molar-refractivity contribution in [2.75, 3.05) is 0 Å². The van der Waals surface area contributed by atoms with Gasteiger partial charge in [0.25, 0.3) is 0 Å². The third-order valence-electron chi connectivity index (χ3n) is 6.23. The van der Waals surface area contributed by atoms with E-state index >= 15 is 0 Å². The summed E-state index contributed by atoms with van der Waals surface area (Å²) in [6.45, 7) is 8.85. The number of hydrogen-bond donors (Lipinski definition) is 2. The standard InChI is InChI=1S/C14H24O.C4H6O2/c1-3-13(2,15)14-7-10-4-11(8-14)6-12(5-10)9-14;1-3(2)4(5)6/h10-12,15H,3-9H2,1-2H3;1H2,2H3,(H,5,6). The van der Waals surface area contributed by atoms with E-state index in [-0.39, 0.29) is 5.57 Å². The lowest BCUT2D eigenvalue weighted by molar-refractivity contribution is -0.171. The molecular formula is C18H30O3. The van der Waals surface area contributed by atoms with E-state index in [2.05, 4.69) is 20.4 Å². The number of carboxylic acid groups (broad SMARTS) is 1. The first-order valence-electron chi connectivity index (χ1n) is 8.30. The fourth-order valence-electron chi connectivity index (χ4n) is 5.15. The van der Waals surface area contributed by atoms with E-state index in [1.165, 1.54) is 45.4 Å². The van der Waals surface area contributed by atoms with Crippen LogP contribution in [0.4, 0.5) is 0 Å². The van der Waals surface area contributed by atoms with Crippen molar-refractivity contribution in [2.45, 2.75) is 71.3 Å². The second-order valence-corrected chi connectivity index (χ2v) is 7.91. The average Bonchev–Trinajstić information content (AvgIpc) is 2.37. The molecule has 0 aliphatic heterocycles. The Bertz CT molecular complexity index is 375. The second kappa shape index (κ2) is 5.75. The molecule has 4 aliphatic carbocycles. The first-order chi connectivity index (χ1) is 9.69. The molecule has 0 saturated heterocycles. The maximum Gasteiger partial charge on any atom is 0.330 e. The van der Waals surface area contributed by atoms with E-state index in [1.807, 2.05) is 0 Å². The molecule has 1 unspecified atom stereocenters. The Kier molecular flexibility index (Phi) is 4.53. The molecule has 3 heteroatoms. The predicted molar refractivity (Wildman–Crippen MR) is 84.0 cm³/mol. The van der Waals surface area contributed by atoms with Gasteiger partial charge in [-0.2, -0.15) is 0 Å². The minimum Gasteiger partial charge on any atom is -0.478 e. The third-order valence-corrected chi connectivity index (χ3v) is 6.23. The molecule has 3 nitrogen and oxygen atoms in total. The van der Waals surface area contributed by atoms with Crippen LogP contribution in [0.25, 0.3) is 0 Å². The van der Waals surface area contributed by atoms with Crippen LogP contribution in [-0.4, -0.2) is 21.8 Å². The molecule has 2 N–H and O–H groups in total. The molecule has 21 heavy (non-hydrogen) atoms. The lowest BCUT2D eigenvalue weighted by Crippen LogP contribution is -2.56. The summed E-state index contributed by atoms with van der Waals surface area (Å²) in [5.74, 6) is 1.92. The largest absolute Gasteiger partial charge is 0.478 e. The van der Waals surface area contributed by atoms with Crippen LogP contribution < -0.4 is 0 Å². The molecule has 0 aromatic rings. The summed E-state index contributed by atoms with van der Waals surface area (Å²) in [5.41, 5.74) is 0.0782. The van der Waals surface area contributed by atoms with Crippen molar-refractivity contribution in [1.29, 1.82) is 0 Å². The molecule has 4 rings (SSSR count). The maximum absolute atomic E-state index is 10.7. The predicted octanol–water partition coefficient (Wildman–Crippen LogP) is 4.01. The third kappa shape index (κ3) is 3.18. The summed E-state index contributed by atoms with van der Waals surface area (Å²) in [6.07, 6.45) is 9.30. The zero-order valence-electron chi connectivity index (χ0n) is 13.7. The second-order valence-electron chi connectivity index (χ2n) is 7.91. The van der Waals surface area contributed by atoms with Crippen LogP contribution in [0.5, 0.6) is 0 Å². The van der Waals surface area contributed by atoms with Crippen LogP contribution in [0.15, 0.2) is 12.2 Å². The van der Waals surface area contributed by atoms with Crippen molar-refractivity contribution in [1.82, 2.24) is 0 Å². The Balaban J connectivity index is 0.000000232. The Morgan fingerprint density at radius 2 is 1.52 bits per heavy atom. The summed E-state index contributed by atoms with van der Waals surface area (Å²) >= 11 is 0. The quantitative estimate of drug-likeness (QED) is 0.773. The molecule has 0 amide bonds. The summed E-state index contributed by atoms with van der Waals surface area (Å²) in [6, 6.07) is 0. The highest BCUT2D eigenvalue weighted by atomic mass is 16.4. The summed E-state index contributed by atoms with van der Waals surface area (Å²) in [5, 5.41) is 18.6. The van der Waals surface area contributed by atoms with Gasteiger partial charge in [0.05, 0.1) is 5.60 Å². The number of carboxylic acids is 1. The van der Waals surface area contributed by atoms with Crippen molar-refractivity contribution in [3.8, 4) is 0 Å². The number of aliphatic carboxylic acids is 1. The lowest BCUT2D eigenvalue weighted by Gasteiger charge is -2.61. The normalized spacial score (nSPS) is 39.1. The zero-order valence-corrected chi connectivity index (χ0v) is 13.7. The van der Waals surface area contributed by atoms with Gasteiger partial charge in [-0.25, -0.2) is 4.79 Å². The molecule has 4 aliphatic rings. The van der Waals surface area contributed by atoms with Gasteiger partial charge in [0.2, 0.25) is 0 Å². The number of aliphatic hydroxyl groups is 1. The Morgan fingerprint density at radius 3 is 1.76 bits per heavy atom. The highest BCUT2D eigenvalue weighted by molar-refractivity contribution is 5.84. The molecule has 120 valence electrons. The van der Waals surface area contributed by atoms with E-state index in [4.69, 9.17) is 5.11 Å². The fraction of sp³-hybridized carbons (Fsp3) is 0.833. The van der Waals surface area contributed by atoms with Gasteiger partial charge in [-0.15, -0.1) is 0 Å². The van der Waals surface area contributed by atoms with Crippen LogP contribution in [0.3, 0.4) is 0 Å². The number of hydrogen-bond acceptors (Lipinski definition) is 2.